The topological polar surface area (TPSA) is 66.4 Å². The van der Waals surface area contributed by atoms with Crippen molar-refractivity contribution < 1.29 is 14.7 Å². The maximum Gasteiger partial charge on any atom is 0.303 e. The Morgan fingerprint density at radius 3 is 2.68 bits per heavy atom. The average molecular weight is 283 g/mol. The molecule has 1 aromatic heterocycles. The summed E-state index contributed by atoms with van der Waals surface area (Å²) in [4.78, 5) is 23.5. The van der Waals surface area contributed by atoms with E-state index in [-0.39, 0.29) is 18.2 Å². The lowest BCUT2D eigenvalue weighted by Gasteiger charge is -2.17. The number of carboxylic acids is 1. The SMILES string of the molecule is CC(C)C[C@H](CNC(=O)Cc1cccs1)CC(=O)O. The van der Waals surface area contributed by atoms with Crippen LogP contribution >= 0.6 is 11.3 Å². The molecule has 0 spiro atoms. The fraction of sp³-hybridized carbons (Fsp3) is 0.571. The van der Waals surface area contributed by atoms with Gasteiger partial charge in [0.15, 0.2) is 0 Å². The van der Waals surface area contributed by atoms with Crippen LogP contribution in [0.3, 0.4) is 0 Å². The molecule has 0 aliphatic heterocycles. The van der Waals surface area contributed by atoms with Crippen molar-refractivity contribution in [2.45, 2.75) is 33.1 Å². The number of nitrogens with one attached hydrogen (secondary N) is 1. The van der Waals surface area contributed by atoms with E-state index in [2.05, 4.69) is 19.2 Å². The second-order valence-corrected chi connectivity index (χ2v) is 6.19. The second-order valence-electron chi connectivity index (χ2n) is 5.15. The van der Waals surface area contributed by atoms with Crippen LogP contribution in [0.5, 0.6) is 0 Å². The highest BCUT2D eigenvalue weighted by atomic mass is 32.1. The first-order valence-corrected chi connectivity index (χ1v) is 7.36. The Hall–Kier alpha value is -1.36. The van der Waals surface area contributed by atoms with Crippen LogP contribution in [0.2, 0.25) is 0 Å². The van der Waals surface area contributed by atoms with Gasteiger partial charge in [-0.3, -0.25) is 9.59 Å². The number of carboxylic acid groups (broad SMARTS) is 1. The van der Waals surface area contributed by atoms with E-state index in [1.54, 1.807) is 11.3 Å². The molecule has 0 fully saturated rings. The standard InChI is InChI=1S/C14H21NO3S/c1-10(2)6-11(7-14(17)18)9-15-13(16)8-12-4-3-5-19-12/h3-5,10-11H,6-9H2,1-2H3,(H,15,16)(H,17,18)/t11-/m0/s1. The highest BCUT2D eigenvalue weighted by molar-refractivity contribution is 7.10. The predicted octanol–water partition coefficient (Wildman–Crippen LogP) is 2.54. The Morgan fingerprint density at radius 2 is 2.16 bits per heavy atom. The van der Waals surface area contributed by atoms with Crippen LogP contribution in [0.4, 0.5) is 0 Å². The van der Waals surface area contributed by atoms with E-state index in [9.17, 15) is 9.59 Å². The zero-order valence-corrected chi connectivity index (χ0v) is 12.2. The van der Waals surface area contributed by atoms with Gasteiger partial charge in [-0.2, -0.15) is 0 Å². The van der Waals surface area contributed by atoms with Gasteiger partial charge in [0.1, 0.15) is 0 Å². The van der Waals surface area contributed by atoms with Crippen molar-refractivity contribution in [3.8, 4) is 0 Å². The maximum atomic E-state index is 11.7. The van der Waals surface area contributed by atoms with Crippen molar-refractivity contribution in [2.24, 2.45) is 11.8 Å². The van der Waals surface area contributed by atoms with E-state index in [1.807, 2.05) is 17.5 Å². The average Bonchev–Trinajstić information content (AvgIpc) is 2.77. The molecule has 1 amide bonds. The molecule has 0 unspecified atom stereocenters. The Labute approximate surface area is 117 Å². The summed E-state index contributed by atoms with van der Waals surface area (Å²) in [6.07, 6.45) is 1.29. The van der Waals surface area contributed by atoms with Gasteiger partial charge in [0.05, 0.1) is 6.42 Å². The molecule has 19 heavy (non-hydrogen) atoms. The molecule has 0 saturated heterocycles. The number of hydrogen-bond donors (Lipinski definition) is 2. The minimum atomic E-state index is -0.807. The normalized spacial score (nSPS) is 12.4. The van der Waals surface area contributed by atoms with Crippen molar-refractivity contribution in [1.82, 2.24) is 5.32 Å². The molecule has 0 aromatic carbocycles. The fourth-order valence-electron chi connectivity index (χ4n) is 2.04. The summed E-state index contributed by atoms with van der Waals surface area (Å²) in [5.74, 6) is -0.414. The summed E-state index contributed by atoms with van der Waals surface area (Å²) in [5.41, 5.74) is 0. The molecule has 4 nitrogen and oxygen atoms in total. The van der Waals surface area contributed by atoms with Gasteiger partial charge in [0.25, 0.3) is 0 Å². The molecule has 1 atom stereocenters. The van der Waals surface area contributed by atoms with Crippen LogP contribution in [0.15, 0.2) is 17.5 Å². The van der Waals surface area contributed by atoms with E-state index in [1.165, 1.54) is 0 Å². The molecule has 106 valence electrons. The van der Waals surface area contributed by atoms with Crippen LogP contribution in [0.1, 0.15) is 31.6 Å². The van der Waals surface area contributed by atoms with Gasteiger partial charge >= 0.3 is 5.97 Å². The predicted molar refractivity (Wildman–Crippen MR) is 76.2 cm³/mol. The molecule has 0 radical (unpaired) electrons. The van der Waals surface area contributed by atoms with Crippen LogP contribution in [0, 0.1) is 11.8 Å². The second kappa shape index (κ2) is 7.94. The molecule has 2 N–H and O–H groups in total. The van der Waals surface area contributed by atoms with Crippen LogP contribution in [-0.2, 0) is 16.0 Å². The van der Waals surface area contributed by atoms with Crippen molar-refractivity contribution in [1.29, 1.82) is 0 Å². The molecule has 0 saturated carbocycles. The van der Waals surface area contributed by atoms with Gasteiger partial charge < -0.3 is 10.4 Å². The molecule has 1 aromatic rings. The number of amides is 1. The van der Waals surface area contributed by atoms with E-state index in [0.29, 0.717) is 18.9 Å². The highest BCUT2D eigenvalue weighted by Gasteiger charge is 2.16. The minimum Gasteiger partial charge on any atom is -0.481 e. The lowest BCUT2D eigenvalue weighted by molar-refractivity contribution is -0.138. The lowest BCUT2D eigenvalue weighted by Crippen LogP contribution is -2.31. The third-order valence-electron chi connectivity index (χ3n) is 2.77. The summed E-state index contributed by atoms with van der Waals surface area (Å²) < 4.78 is 0. The summed E-state index contributed by atoms with van der Waals surface area (Å²) in [7, 11) is 0. The zero-order chi connectivity index (χ0) is 14.3. The Bertz CT molecular complexity index is 401. The van der Waals surface area contributed by atoms with Gasteiger partial charge in [0.2, 0.25) is 5.91 Å². The van der Waals surface area contributed by atoms with E-state index >= 15 is 0 Å². The molecule has 1 heterocycles. The van der Waals surface area contributed by atoms with Crippen LogP contribution in [0.25, 0.3) is 0 Å². The zero-order valence-electron chi connectivity index (χ0n) is 11.4. The molecule has 5 heteroatoms. The van der Waals surface area contributed by atoms with E-state index in [0.717, 1.165) is 11.3 Å². The molecule has 0 aliphatic carbocycles. The summed E-state index contributed by atoms with van der Waals surface area (Å²) >= 11 is 1.55. The van der Waals surface area contributed by atoms with Crippen LogP contribution < -0.4 is 5.32 Å². The van der Waals surface area contributed by atoms with Gasteiger partial charge in [-0.05, 0) is 29.7 Å². The minimum absolute atomic E-state index is 0.00443. The van der Waals surface area contributed by atoms with Gasteiger partial charge in [-0.25, -0.2) is 0 Å². The van der Waals surface area contributed by atoms with Gasteiger partial charge in [-0.15, -0.1) is 11.3 Å². The van der Waals surface area contributed by atoms with Crippen molar-refractivity contribution in [3.05, 3.63) is 22.4 Å². The van der Waals surface area contributed by atoms with Crippen LogP contribution in [-0.4, -0.2) is 23.5 Å². The summed E-state index contributed by atoms with van der Waals surface area (Å²) in [6, 6.07) is 3.84. The van der Waals surface area contributed by atoms with E-state index < -0.39 is 5.97 Å². The first-order chi connectivity index (χ1) is 8.97. The third-order valence-corrected chi connectivity index (χ3v) is 3.65. The maximum absolute atomic E-state index is 11.7. The number of carbonyl (C=O) groups is 2. The highest BCUT2D eigenvalue weighted by Crippen LogP contribution is 2.15. The first-order valence-electron chi connectivity index (χ1n) is 6.48. The Balaban J connectivity index is 2.37. The third kappa shape index (κ3) is 6.96. The van der Waals surface area contributed by atoms with Gasteiger partial charge in [0, 0.05) is 17.8 Å². The first kappa shape index (κ1) is 15.7. The number of hydrogen-bond acceptors (Lipinski definition) is 3. The quantitative estimate of drug-likeness (QED) is 0.770. The Morgan fingerprint density at radius 1 is 1.42 bits per heavy atom. The number of aliphatic carboxylic acids is 1. The molecule has 1 rings (SSSR count). The number of thiophene rings is 1. The van der Waals surface area contributed by atoms with Crippen molar-refractivity contribution >= 4 is 23.2 Å². The molecular formula is C14H21NO3S. The summed E-state index contributed by atoms with van der Waals surface area (Å²) in [6.45, 7) is 4.55. The van der Waals surface area contributed by atoms with Crippen molar-refractivity contribution in [2.75, 3.05) is 6.54 Å². The lowest BCUT2D eigenvalue weighted by atomic mass is 9.94. The smallest absolute Gasteiger partial charge is 0.303 e. The van der Waals surface area contributed by atoms with E-state index in [4.69, 9.17) is 5.11 Å². The molecule has 0 bridgehead atoms. The largest absolute Gasteiger partial charge is 0.481 e. The van der Waals surface area contributed by atoms with Crippen molar-refractivity contribution in [3.63, 3.8) is 0 Å². The molecule has 0 aliphatic rings. The molecular weight excluding hydrogens is 262 g/mol. The summed E-state index contributed by atoms with van der Waals surface area (Å²) in [5, 5.41) is 13.6. The monoisotopic (exact) mass is 283 g/mol. The van der Waals surface area contributed by atoms with Gasteiger partial charge in [-0.1, -0.05) is 19.9 Å². The number of carbonyl (C=O) groups excluding carboxylic acids is 1. The number of rotatable bonds is 8. The Kier molecular flexibility index (Phi) is 6.56. The fourth-order valence-corrected chi connectivity index (χ4v) is 2.75.